The van der Waals surface area contributed by atoms with Gasteiger partial charge < -0.3 is 0 Å². The van der Waals surface area contributed by atoms with Gasteiger partial charge in [-0.25, -0.2) is 14.8 Å². The first-order chi connectivity index (χ1) is 13.9. The predicted octanol–water partition coefficient (Wildman–Crippen LogP) is 3.43. The molecular weight excluding hydrogens is 391 g/mol. The van der Waals surface area contributed by atoms with Crippen LogP contribution < -0.4 is 11.0 Å². The molecule has 1 aliphatic rings. The van der Waals surface area contributed by atoms with Crippen LogP contribution in [0.3, 0.4) is 0 Å². The smallest absolute Gasteiger partial charge is 0.263 e. The number of amides is 1. The summed E-state index contributed by atoms with van der Waals surface area (Å²) in [5.41, 5.74) is 3.99. The van der Waals surface area contributed by atoms with Crippen LogP contribution in [0.1, 0.15) is 42.3 Å². The zero-order valence-electron chi connectivity index (χ0n) is 16.2. The van der Waals surface area contributed by atoms with E-state index in [1.54, 1.807) is 30.4 Å². The molecule has 2 aromatic heterocycles. The van der Waals surface area contributed by atoms with E-state index in [0.29, 0.717) is 16.9 Å². The number of hydrogen-bond donors (Lipinski definition) is 1. The molecule has 4 rings (SSSR count). The number of nitrogens with one attached hydrogen (secondary N) is 1. The Balaban J connectivity index is 1.55. The Kier molecular flexibility index (Phi) is 5.27. The summed E-state index contributed by atoms with van der Waals surface area (Å²) in [6.07, 6.45) is 5.76. The number of fused-ring (bicyclic) bond motifs is 3. The number of hydrazone groups is 1. The number of hydrogen-bond acceptors (Lipinski definition) is 5. The number of nitrogens with zero attached hydrogens (tertiary/aromatic N) is 3. The van der Waals surface area contributed by atoms with Crippen molar-refractivity contribution >= 4 is 33.7 Å². The molecule has 3 aromatic rings. The highest BCUT2D eigenvalue weighted by molar-refractivity contribution is 7.18. The maximum atomic E-state index is 13.1. The molecule has 1 aromatic carbocycles. The standard InChI is InChI=1S/C21H21FN4O2S/c1-12-3-8-16-17(9-12)29-20-18(16)21(28)26(11-23-20)13(2)19(27)25-24-10-14-4-6-15(22)7-5-14/h4-7,10-13H,3,8-9H2,1-2H3,(H,25,27)/b24-10+/t12-,13+/m1/s1. The fourth-order valence-corrected chi connectivity index (χ4v) is 4.90. The molecule has 0 bridgehead atoms. The Bertz CT molecular complexity index is 1150. The van der Waals surface area contributed by atoms with Gasteiger partial charge in [-0.2, -0.15) is 5.10 Å². The molecule has 6 nitrogen and oxygen atoms in total. The van der Waals surface area contributed by atoms with Crippen molar-refractivity contribution in [3.63, 3.8) is 0 Å². The number of benzene rings is 1. The third-order valence-corrected chi connectivity index (χ3v) is 6.46. The molecule has 0 unspecified atom stereocenters. The number of halogens is 1. The zero-order valence-corrected chi connectivity index (χ0v) is 17.0. The summed E-state index contributed by atoms with van der Waals surface area (Å²) in [6.45, 7) is 3.86. The van der Waals surface area contributed by atoms with Crippen molar-refractivity contribution in [2.24, 2.45) is 11.0 Å². The molecule has 1 N–H and O–H groups in total. The first-order valence-corrected chi connectivity index (χ1v) is 10.4. The van der Waals surface area contributed by atoms with Gasteiger partial charge in [0.1, 0.15) is 16.7 Å². The van der Waals surface area contributed by atoms with E-state index >= 15 is 0 Å². The van der Waals surface area contributed by atoms with Crippen LogP contribution in [0, 0.1) is 11.7 Å². The molecule has 0 aliphatic heterocycles. The van der Waals surface area contributed by atoms with Crippen LogP contribution in [-0.2, 0) is 17.6 Å². The van der Waals surface area contributed by atoms with E-state index in [2.05, 4.69) is 22.4 Å². The molecule has 1 amide bonds. The van der Waals surface area contributed by atoms with E-state index in [-0.39, 0.29) is 11.4 Å². The van der Waals surface area contributed by atoms with Crippen LogP contribution in [0.2, 0.25) is 0 Å². The fraction of sp³-hybridized carbons (Fsp3) is 0.333. The largest absolute Gasteiger partial charge is 0.286 e. The van der Waals surface area contributed by atoms with Gasteiger partial charge in [0.2, 0.25) is 0 Å². The van der Waals surface area contributed by atoms with Gasteiger partial charge in [-0.1, -0.05) is 19.1 Å². The number of aromatic nitrogens is 2. The van der Waals surface area contributed by atoms with Crippen molar-refractivity contribution in [1.29, 1.82) is 0 Å². The summed E-state index contributed by atoms with van der Waals surface area (Å²) in [5.74, 6) is -0.155. The Morgan fingerprint density at radius 3 is 2.93 bits per heavy atom. The second-order valence-corrected chi connectivity index (χ2v) is 8.53. The van der Waals surface area contributed by atoms with Crippen LogP contribution in [0.4, 0.5) is 4.39 Å². The highest BCUT2D eigenvalue weighted by atomic mass is 32.1. The predicted molar refractivity (Wildman–Crippen MR) is 112 cm³/mol. The lowest BCUT2D eigenvalue weighted by molar-refractivity contribution is -0.123. The van der Waals surface area contributed by atoms with Crippen molar-refractivity contribution in [2.75, 3.05) is 0 Å². The Morgan fingerprint density at radius 2 is 2.17 bits per heavy atom. The average molecular weight is 412 g/mol. The van der Waals surface area contributed by atoms with Gasteiger partial charge in [-0.05, 0) is 55.4 Å². The van der Waals surface area contributed by atoms with Gasteiger partial charge in [-0.3, -0.25) is 14.2 Å². The SMILES string of the molecule is C[C@@H]1CCc2c(sc3ncn([C@@H](C)C(=O)N/N=C/c4ccc(F)cc4)c(=O)c23)C1. The van der Waals surface area contributed by atoms with Gasteiger partial charge in [-0.15, -0.1) is 11.3 Å². The number of carbonyl (C=O) groups excluding carboxylic acids is 1. The summed E-state index contributed by atoms with van der Waals surface area (Å²) in [5, 5.41) is 4.54. The molecule has 0 saturated carbocycles. The average Bonchev–Trinajstić information content (AvgIpc) is 3.07. The molecule has 0 spiro atoms. The molecule has 29 heavy (non-hydrogen) atoms. The number of carbonyl (C=O) groups is 1. The van der Waals surface area contributed by atoms with E-state index in [9.17, 15) is 14.0 Å². The highest BCUT2D eigenvalue weighted by Gasteiger charge is 2.25. The van der Waals surface area contributed by atoms with Crippen LogP contribution in [0.5, 0.6) is 0 Å². The lowest BCUT2D eigenvalue weighted by Gasteiger charge is -2.18. The number of thiophene rings is 1. The third kappa shape index (κ3) is 3.85. The van der Waals surface area contributed by atoms with Gasteiger partial charge in [0, 0.05) is 4.88 Å². The molecular formula is C21H21FN4O2S. The van der Waals surface area contributed by atoms with Crippen molar-refractivity contribution in [1.82, 2.24) is 15.0 Å². The molecule has 0 saturated heterocycles. The van der Waals surface area contributed by atoms with E-state index in [1.807, 2.05) is 0 Å². The van der Waals surface area contributed by atoms with E-state index in [1.165, 1.54) is 34.1 Å². The molecule has 1 aliphatic carbocycles. The van der Waals surface area contributed by atoms with Crippen molar-refractivity contribution in [3.05, 3.63) is 62.8 Å². The Labute approximate surface area is 171 Å². The van der Waals surface area contributed by atoms with Crippen LogP contribution in [-0.4, -0.2) is 21.7 Å². The Morgan fingerprint density at radius 1 is 1.41 bits per heavy atom. The lowest BCUT2D eigenvalue weighted by atomic mass is 9.89. The van der Waals surface area contributed by atoms with Crippen LogP contribution >= 0.6 is 11.3 Å². The first kappa shape index (κ1) is 19.4. The molecule has 2 atom stereocenters. The molecule has 0 radical (unpaired) electrons. The lowest BCUT2D eigenvalue weighted by Crippen LogP contribution is -2.34. The van der Waals surface area contributed by atoms with Gasteiger partial charge >= 0.3 is 0 Å². The molecule has 2 heterocycles. The minimum atomic E-state index is -0.761. The van der Waals surface area contributed by atoms with Crippen LogP contribution in [0.15, 0.2) is 40.5 Å². The van der Waals surface area contributed by atoms with E-state index in [0.717, 1.165) is 29.7 Å². The van der Waals surface area contributed by atoms with Gasteiger partial charge in [0.25, 0.3) is 11.5 Å². The minimum absolute atomic E-state index is 0.188. The summed E-state index contributed by atoms with van der Waals surface area (Å²) < 4.78 is 14.3. The summed E-state index contributed by atoms with van der Waals surface area (Å²) in [7, 11) is 0. The second kappa shape index (κ2) is 7.87. The number of aryl methyl sites for hydroxylation is 1. The zero-order chi connectivity index (χ0) is 20.5. The van der Waals surface area contributed by atoms with Gasteiger partial charge in [0.05, 0.1) is 17.9 Å². The third-order valence-electron chi connectivity index (χ3n) is 5.30. The minimum Gasteiger partial charge on any atom is -0.286 e. The maximum Gasteiger partial charge on any atom is 0.263 e. The normalized spacial score (nSPS) is 17.4. The molecule has 8 heteroatoms. The topological polar surface area (TPSA) is 76.3 Å². The van der Waals surface area contributed by atoms with Gasteiger partial charge in [0.15, 0.2) is 0 Å². The highest BCUT2D eigenvalue weighted by Crippen LogP contribution is 2.35. The Hall–Kier alpha value is -2.87. The van der Waals surface area contributed by atoms with Crippen molar-refractivity contribution in [3.8, 4) is 0 Å². The molecule has 150 valence electrons. The van der Waals surface area contributed by atoms with E-state index in [4.69, 9.17) is 0 Å². The fourth-order valence-electron chi connectivity index (χ4n) is 3.56. The second-order valence-electron chi connectivity index (χ2n) is 7.45. The first-order valence-electron chi connectivity index (χ1n) is 9.54. The quantitative estimate of drug-likeness (QED) is 0.527. The number of rotatable bonds is 4. The summed E-state index contributed by atoms with van der Waals surface area (Å²) in [4.78, 5) is 32.0. The summed E-state index contributed by atoms with van der Waals surface area (Å²) >= 11 is 1.58. The molecule has 0 fully saturated rings. The van der Waals surface area contributed by atoms with E-state index < -0.39 is 11.9 Å². The van der Waals surface area contributed by atoms with Crippen LogP contribution in [0.25, 0.3) is 10.2 Å². The maximum absolute atomic E-state index is 13.1. The van der Waals surface area contributed by atoms with Crippen molar-refractivity contribution < 1.29 is 9.18 Å². The monoisotopic (exact) mass is 412 g/mol. The van der Waals surface area contributed by atoms with Crippen molar-refractivity contribution in [2.45, 2.75) is 39.2 Å². The summed E-state index contributed by atoms with van der Waals surface area (Å²) in [6, 6.07) is 4.97.